The number of piperidine rings is 1. The normalized spacial score (nSPS) is 16.1. The number of esters is 1. The summed E-state index contributed by atoms with van der Waals surface area (Å²) in [6.07, 6.45) is -2.30. The van der Waals surface area contributed by atoms with Crippen LogP contribution in [0.1, 0.15) is 81.6 Å². The zero-order valence-electron chi connectivity index (χ0n) is 27.2. The van der Waals surface area contributed by atoms with Crippen molar-refractivity contribution in [2.75, 3.05) is 31.2 Å². The molecule has 13 heteroatoms. The highest BCUT2D eigenvalue weighted by atomic mass is 79.9. The number of anilines is 1. The van der Waals surface area contributed by atoms with Crippen molar-refractivity contribution in [1.29, 1.82) is 0 Å². The Balaban J connectivity index is 1.70. The maximum atomic E-state index is 13.4. The molecule has 1 fully saturated rings. The quantitative estimate of drug-likeness (QED) is 0.141. The summed E-state index contributed by atoms with van der Waals surface area (Å²) in [5, 5.41) is 4.83. The molecule has 0 amide bonds. The van der Waals surface area contributed by atoms with Crippen molar-refractivity contribution in [3.63, 3.8) is 0 Å². The Morgan fingerprint density at radius 3 is 2.46 bits per heavy atom. The van der Waals surface area contributed by atoms with Crippen molar-refractivity contribution in [3.8, 4) is 0 Å². The lowest BCUT2D eigenvalue weighted by Crippen LogP contribution is -2.45. The van der Waals surface area contributed by atoms with Crippen LogP contribution in [0.5, 0.6) is 0 Å². The number of benzene rings is 1. The van der Waals surface area contributed by atoms with Crippen LogP contribution in [0, 0.1) is 6.92 Å². The number of carbonyl (C=O) groups excluding carboxylic acids is 1. The first kappa shape index (κ1) is 35.8. The van der Waals surface area contributed by atoms with E-state index in [2.05, 4.69) is 34.3 Å². The van der Waals surface area contributed by atoms with E-state index < -0.39 is 29.4 Å². The average molecular weight is 712 g/mol. The number of rotatable bonds is 12. The van der Waals surface area contributed by atoms with E-state index in [1.165, 1.54) is 6.07 Å². The molecule has 0 radical (unpaired) electrons. The minimum absolute atomic E-state index is 0.0664. The molecule has 1 atom stereocenters. The molecule has 2 aromatic heterocycles. The number of carbonyl (C=O) groups is 1. The third-order valence-corrected chi connectivity index (χ3v) is 8.39. The Kier molecular flexibility index (Phi) is 11.2. The van der Waals surface area contributed by atoms with Gasteiger partial charge in [-0.2, -0.15) is 22.8 Å². The third kappa shape index (κ3) is 8.67. The predicted molar refractivity (Wildman–Crippen MR) is 172 cm³/mol. The first-order valence-corrected chi connectivity index (χ1v) is 16.0. The summed E-state index contributed by atoms with van der Waals surface area (Å²) in [7, 11) is 0. The highest BCUT2D eigenvalue weighted by molar-refractivity contribution is 9.10. The van der Waals surface area contributed by atoms with Crippen molar-refractivity contribution >= 4 is 33.4 Å². The molecule has 0 aliphatic carbocycles. The van der Waals surface area contributed by atoms with Crippen LogP contribution in [0.4, 0.5) is 19.0 Å². The van der Waals surface area contributed by atoms with Crippen LogP contribution in [0.15, 0.2) is 41.4 Å². The largest absolute Gasteiger partial charge is 0.464 e. The molecule has 1 aliphatic rings. The molecule has 0 N–H and O–H groups in total. The summed E-state index contributed by atoms with van der Waals surface area (Å²) < 4.78 is 65.0. The van der Waals surface area contributed by atoms with Crippen molar-refractivity contribution in [1.82, 2.24) is 14.6 Å². The van der Waals surface area contributed by atoms with Gasteiger partial charge in [0.05, 0.1) is 54.5 Å². The molecule has 0 saturated carbocycles. The van der Waals surface area contributed by atoms with E-state index >= 15 is 0 Å². The standard InChI is InChI=1S/C33H42BrF3N4O5/c1-8-16-45-32(7)12-14-40(15-13-32)29-27(28(30(42)44-9-2)46-31(4,5)6)21(3)38-26-18-24(39-41(26)29)20-43-19-22-10-11-23(17-25(22)34)33(35,36)37/h8,10-11,17-18,28H,1,9,12-16,19-20H2,2-7H3/t28-/m0/s1. The van der Waals surface area contributed by atoms with Crippen LogP contribution in [0.3, 0.4) is 0 Å². The number of halogens is 4. The molecule has 3 heterocycles. The number of hydrogen-bond acceptors (Lipinski definition) is 8. The topological polar surface area (TPSA) is 87.4 Å². The first-order valence-electron chi connectivity index (χ1n) is 15.2. The van der Waals surface area contributed by atoms with Gasteiger partial charge in [-0.25, -0.2) is 9.78 Å². The summed E-state index contributed by atoms with van der Waals surface area (Å²) >= 11 is 3.22. The zero-order valence-corrected chi connectivity index (χ0v) is 28.8. The van der Waals surface area contributed by atoms with E-state index in [1.807, 2.05) is 27.7 Å². The van der Waals surface area contributed by atoms with Crippen molar-refractivity contribution in [3.05, 3.63) is 69.5 Å². The maximum Gasteiger partial charge on any atom is 0.416 e. The van der Waals surface area contributed by atoms with Crippen LogP contribution in [-0.4, -0.2) is 58.1 Å². The summed E-state index contributed by atoms with van der Waals surface area (Å²) in [5.41, 5.74) is 1.11. The average Bonchev–Trinajstić information content (AvgIpc) is 3.37. The molecule has 1 aliphatic heterocycles. The van der Waals surface area contributed by atoms with Crippen LogP contribution in [0.25, 0.3) is 5.65 Å². The minimum atomic E-state index is -4.43. The van der Waals surface area contributed by atoms with Crippen molar-refractivity contribution < 1.29 is 36.9 Å². The lowest BCUT2D eigenvalue weighted by atomic mass is 9.92. The molecule has 0 spiro atoms. The Hall–Kier alpha value is -3.00. The van der Waals surface area contributed by atoms with Crippen LogP contribution in [-0.2, 0) is 43.1 Å². The predicted octanol–water partition coefficient (Wildman–Crippen LogP) is 7.52. The van der Waals surface area contributed by atoms with Gasteiger partial charge in [0.15, 0.2) is 11.8 Å². The second-order valence-corrected chi connectivity index (χ2v) is 13.4. The Labute approximate surface area is 276 Å². The van der Waals surface area contributed by atoms with E-state index in [9.17, 15) is 18.0 Å². The Bertz CT molecular complexity index is 1540. The van der Waals surface area contributed by atoms with Gasteiger partial charge in [-0.05, 0) is 72.1 Å². The van der Waals surface area contributed by atoms with Crippen molar-refractivity contribution in [2.45, 2.75) is 91.1 Å². The van der Waals surface area contributed by atoms with Gasteiger partial charge >= 0.3 is 12.1 Å². The number of nitrogens with zero attached hydrogens (tertiary/aromatic N) is 4. The van der Waals surface area contributed by atoms with Crippen LogP contribution >= 0.6 is 15.9 Å². The van der Waals surface area contributed by atoms with Gasteiger partial charge in [-0.1, -0.05) is 28.1 Å². The van der Waals surface area contributed by atoms with E-state index in [0.717, 1.165) is 25.0 Å². The molecule has 4 rings (SSSR count). The maximum absolute atomic E-state index is 13.4. The van der Waals surface area contributed by atoms with E-state index in [4.69, 9.17) is 29.0 Å². The summed E-state index contributed by atoms with van der Waals surface area (Å²) in [6, 6.07) is 5.25. The fourth-order valence-electron chi connectivity index (χ4n) is 5.34. The minimum Gasteiger partial charge on any atom is -0.464 e. The summed E-state index contributed by atoms with van der Waals surface area (Å²) in [4.78, 5) is 20.4. The van der Waals surface area contributed by atoms with E-state index in [-0.39, 0.29) is 25.4 Å². The van der Waals surface area contributed by atoms with Gasteiger partial charge in [-0.3, -0.25) is 0 Å². The molecule has 3 aromatic rings. The van der Waals surface area contributed by atoms with Gasteiger partial charge in [0, 0.05) is 29.3 Å². The number of fused-ring (bicyclic) bond motifs is 1. The fourth-order valence-corrected chi connectivity index (χ4v) is 5.84. The fraction of sp³-hybridized carbons (Fsp3) is 0.545. The van der Waals surface area contributed by atoms with Gasteiger partial charge in [0.1, 0.15) is 5.82 Å². The number of hydrogen-bond donors (Lipinski definition) is 0. The highest BCUT2D eigenvalue weighted by Crippen LogP contribution is 2.38. The zero-order chi connectivity index (χ0) is 33.9. The lowest BCUT2D eigenvalue weighted by Gasteiger charge is -2.41. The van der Waals surface area contributed by atoms with Gasteiger partial charge < -0.3 is 23.8 Å². The molecule has 1 saturated heterocycles. The summed E-state index contributed by atoms with van der Waals surface area (Å²) in [5.74, 6) is 0.157. The van der Waals surface area contributed by atoms with Crippen LogP contribution < -0.4 is 4.90 Å². The monoisotopic (exact) mass is 710 g/mol. The van der Waals surface area contributed by atoms with Gasteiger partial charge in [-0.15, -0.1) is 6.58 Å². The van der Waals surface area contributed by atoms with Crippen molar-refractivity contribution in [2.24, 2.45) is 0 Å². The SMILES string of the molecule is C=CCOC1(C)CCN(c2c([C@H](OC(C)(C)C)C(=O)OCC)c(C)nc3cc(COCc4ccc(C(F)(F)F)cc4Br)nn23)CC1. The lowest BCUT2D eigenvalue weighted by molar-refractivity contribution is -0.167. The molecular weight excluding hydrogens is 669 g/mol. The summed E-state index contributed by atoms with van der Waals surface area (Å²) in [6.45, 7) is 17.1. The Morgan fingerprint density at radius 2 is 1.87 bits per heavy atom. The van der Waals surface area contributed by atoms with E-state index in [1.54, 1.807) is 23.6 Å². The smallest absolute Gasteiger partial charge is 0.416 e. The van der Waals surface area contributed by atoms with E-state index in [0.29, 0.717) is 58.1 Å². The second-order valence-electron chi connectivity index (χ2n) is 12.5. The van der Waals surface area contributed by atoms with Crippen LogP contribution in [0.2, 0.25) is 0 Å². The van der Waals surface area contributed by atoms with Gasteiger partial charge in [0.25, 0.3) is 0 Å². The number of aryl methyl sites for hydroxylation is 1. The molecule has 0 unspecified atom stereocenters. The third-order valence-electron chi connectivity index (χ3n) is 7.65. The number of ether oxygens (including phenoxy) is 4. The molecule has 9 nitrogen and oxygen atoms in total. The molecular formula is C33H42BrF3N4O5. The first-order chi connectivity index (χ1) is 21.5. The number of aromatic nitrogens is 3. The van der Waals surface area contributed by atoms with Gasteiger partial charge in [0.2, 0.25) is 0 Å². The number of alkyl halides is 3. The highest BCUT2D eigenvalue weighted by Gasteiger charge is 2.38. The Morgan fingerprint density at radius 1 is 1.17 bits per heavy atom. The molecule has 252 valence electrons. The molecule has 0 bridgehead atoms. The molecule has 46 heavy (non-hydrogen) atoms. The molecule has 1 aromatic carbocycles. The second kappa shape index (κ2) is 14.4.